The highest BCUT2D eigenvalue weighted by molar-refractivity contribution is 7.07. The average molecular weight is 348 g/mol. The molecule has 7 nitrogen and oxygen atoms in total. The van der Waals surface area contributed by atoms with Crippen LogP contribution in [-0.2, 0) is 16.0 Å². The summed E-state index contributed by atoms with van der Waals surface area (Å²) in [6, 6.07) is 4.84. The van der Waals surface area contributed by atoms with Gasteiger partial charge in [-0.25, -0.2) is 4.79 Å². The summed E-state index contributed by atoms with van der Waals surface area (Å²) in [7, 11) is 0. The van der Waals surface area contributed by atoms with Gasteiger partial charge >= 0.3 is 5.97 Å². The lowest BCUT2D eigenvalue weighted by Gasteiger charge is -2.00. The van der Waals surface area contributed by atoms with E-state index in [1.165, 1.54) is 12.1 Å². The first-order chi connectivity index (χ1) is 11.4. The Hall–Kier alpha value is -2.74. The number of carbonyl (C=O) groups excluding carboxylic acids is 1. The van der Waals surface area contributed by atoms with E-state index in [9.17, 15) is 19.7 Å². The molecule has 0 atom stereocenters. The zero-order chi connectivity index (χ0) is 17.7. The number of hydrogen-bond donors (Lipinski definition) is 1. The molecule has 0 spiro atoms. The number of benzene rings is 1. The zero-order valence-corrected chi connectivity index (χ0v) is 14.0. The molecule has 0 bridgehead atoms. The number of esters is 1. The van der Waals surface area contributed by atoms with E-state index in [4.69, 9.17) is 4.74 Å². The molecule has 0 saturated heterocycles. The van der Waals surface area contributed by atoms with E-state index in [-0.39, 0.29) is 17.9 Å². The molecule has 0 aliphatic carbocycles. The molecule has 0 fully saturated rings. The first-order valence-electron chi connectivity index (χ1n) is 7.31. The Morgan fingerprint density at radius 3 is 2.79 bits per heavy atom. The Labute approximate surface area is 141 Å². The summed E-state index contributed by atoms with van der Waals surface area (Å²) >= 11 is 1.08. The molecule has 0 saturated carbocycles. The summed E-state index contributed by atoms with van der Waals surface area (Å²) in [5.74, 6) is -0.538. The lowest BCUT2D eigenvalue weighted by atomic mass is 10.1. The van der Waals surface area contributed by atoms with Crippen LogP contribution in [0.2, 0.25) is 0 Å². The van der Waals surface area contributed by atoms with Gasteiger partial charge in [0.05, 0.1) is 22.1 Å². The number of carbonyl (C=O) groups is 1. The molecule has 1 aromatic carbocycles. The highest BCUT2D eigenvalue weighted by Gasteiger charge is 2.12. The number of aromatic amines is 1. The fourth-order valence-electron chi connectivity index (χ4n) is 2.11. The maximum atomic E-state index is 11.9. The molecule has 1 aromatic heterocycles. The minimum absolute atomic E-state index is 0.0255. The maximum absolute atomic E-state index is 11.9. The molecule has 8 heteroatoms. The largest absolute Gasteiger partial charge is 0.463 e. The van der Waals surface area contributed by atoms with Gasteiger partial charge in [0, 0.05) is 11.6 Å². The molecule has 2 aromatic rings. The number of nitrogens with one attached hydrogen (secondary N) is 1. The number of nitro benzene ring substituents is 1. The third kappa shape index (κ3) is 4.17. The Morgan fingerprint density at radius 2 is 2.17 bits per heavy atom. The number of hydrogen-bond acceptors (Lipinski definition) is 6. The molecule has 24 heavy (non-hydrogen) atoms. The van der Waals surface area contributed by atoms with Crippen LogP contribution in [0.5, 0.6) is 0 Å². The van der Waals surface area contributed by atoms with Crippen LogP contribution in [0.3, 0.4) is 0 Å². The fraction of sp³-hybridized carbons (Fsp3) is 0.250. The number of aryl methyl sites for hydroxylation is 1. The van der Waals surface area contributed by atoms with Crippen molar-refractivity contribution in [3.8, 4) is 0 Å². The van der Waals surface area contributed by atoms with Crippen LogP contribution < -0.4 is 14.8 Å². The van der Waals surface area contributed by atoms with Crippen molar-refractivity contribution in [1.82, 2.24) is 4.98 Å². The van der Waals surface area contributed by atoms with Crippen molar-refractivity contribution in [2.24, 2.45) is 0 Å². The van der Waals surface area contributed by atoms with Crippen molar-refractivity contribution < 1.29 is 14.5 Å². The molecule has 126 valence electrons. The van der Waals surface area contributed by atoms with Gasteiger partial charge in [-0.1, -0.05) is 19.1 Å². The van der Waals surface area contributed by atoms with Crippen molar-refractivity contribution in [3.05, 3.63) is 59.0 Å². The van der Waals surface area contributed by atoms with Gasteiger partial charge in [0.15, 0.2) is 0 Å². The third-order valence-electron chi connectivity index (χ3n) is 3.20. The summed E-state index contributed by atoms with van der Waals surface area (Å²) in [6.07, 6.45) is 3.31. The number of thiazole rings is 1. The minimum Gasteiger partial charge on any atom is -0.463 e. The Bertz CT molecular complexity index is 942. The van der Waals surface area contributed by atoms with Gasteiger partial charge in [-0.05, 0) is 25.0 Å². The van der Waals surface area contributed by atoms with Gasteiger partial charge in [0.25, 0.3) is 11.2 Å². The second-order valence-corrected chi connectivity index (χ2v) is 5.91. The van der Waals surface area contributed by atoms with Crippen LogP contribution in [0, 0.1) is 10.1 Å². The van der Waals surface area contributed by atoms with Crippen LogP contribution in [-0.4, -0.2) is 22.5 Å². The second kappa shape index (κ2) is 7.69. The van der Waals surface area contributed by atoms with Crippen molar-refractivity contribution in [2.75, 3.05) is 6.61 Å². The predicted molar refractivity (Wildman–Crippen MR) is 91.3 cm³/mol. The quantitative estimate of drug-likeness (QED) is 0.495. The number of nitrogens with zero attached hydrogens (tertiary/aromatic N) is 1. The zero-order valence-electron chi connectivity index (χ0n) is 13.2. The highest BCUT2D eigenvalue weighted by atomic mass is 32.1. The molecular weight excluding hydrogens is 332 g/mol. The molecule has 1 heterocycles. The van der Waals surface area contributed by atoms with Gasteiger partial charge in [-0.3, -0.25) is 14.9 Å². The number of ether oxygens (including phenoxy) is 1. The van der Waals surface area contributed by atoms with Crippen molar-refractivity contribution in [1.29, 1.82) is 0 Å². The van der Waals surface area contributed by atoms with E-state index >= 15 is 0 Å². The summed E-state index contributed by atoms with van der Waals surface area (Å²) in [6.45, 7) is 3.78. The first-order valence-corrected chi connectivity index (χ1v) is 8.13. The maximum Gasteiger partial charge on any atom is 0.333 e. The second-order valence-electron chi connectivity index (χ2n) is 4.82. The summed E-state index contributed by atoms with van der Waals surface area (Å²) < 4.78 is 5.50. The third-order valence-corrected chi connectivity index (χ3v) is 4.16. The number of nitro groups is 1. The summed E-state index contributed by atoms with van der Waals surface area (Å²) in [5, 5.41) is 11.1. The smallest absolute Gasteiger partial charge is 0.333 e. The molecule has 2 rings (SSSR count). The molecule has 0 aliphatic rings. The molecular formula is C16H16N2O5S. The average Bonchev–Trinajstić information content (AvgIpc) is 2.86. The van der Waals surface area contributed by atoms with Gasteiger partial charge in [-0.2, -0.15) is 0 Å². The van der Waals surface area contributed by atoms with Crippen molar-refractivity contribution in [3.63, 3.8) is 0 Å². The van der Waals surface area contributed by atoms with Crippen LogP contribution in [0.4, 0.5) is 5.69 Å². The fourth-order valence-corrected chi connectivity index (χ4v) is 2.98. The monoisotopic (exact) mass is 348 g/mol. The molecule has 0 unspecified atom stereocenters. The lowest BCUT2D eigenvalue weighted by molar-refractivity contribution is -0.385. The molecule has 0 aliphatic heterocycles. The molecule has 0 radical (unpaired) electrons. The summed E-state index contributed by atoms with van der Waals surface area (Å²) in [5.41, 5.74) is 0.845. The Kier molecular flexibility index (Phi) is 5.64. The van der Waals surface area contributed by atoms with Crippen LogP contribution in [0.15, 0.2) is 23.0 Å². The van der Waals surface area contributed by atoms with E-state index in [0.29, 0.717) is 26.7 Å². The SMILES string of the molecule is CCOC(=O)C=c1[nH]c(=O)c(=Cc2ccc(CC)c([N+](=O)[O-])c2)s1. The number of aromatic nitrogens is 1. The van der Waals surface area contributed by atoms with Gasteiger partial charge in [-0.15, -0.1) is 11.3 Å². The Morgan fingerprint density at radius 1 is 1.42 bits per heavy atom. The number of H-pyrrole nitrogens is 1. The lowest BCUT2D eigenvalue weighted by Crippen LogP contribution is -2.20. The normalized spacial score (nSPS) is 12.4. The Balaban J connectivity index is 2.48. The van der Waals surface area contributed by atoms with E-state index in [1.54, 1.807) is 25.1 Å². The van der Waals surface area contributed by atoms with Gasteiger partial charge in [0.2, 0.25) is 0 Å². The van der Waals surface area contributed by atoms with Crippen molar-refractivity contribution in [2.45, 2.75) is 20.3 Å². The first kappa shape index (κ1) is 17.6. The van der Waals surface area contributed by atoms with E-state index < -0.39 is 10.9 Å². The standard InChI is InChI=1S/C16H16N2O5S/c1-3-11-6-5-10(7-12(11)18(21)22)8-13-16(20)17-14(24-13)9-15(19)23-4-2/h5-9H,3-4H2,1-2H3,(H,17,20). The van der Waals surface area contributed by atoms with E-state index in [2.05, 4.69) is 4.98 Å². The highest BCUT2D eigenvalue weighted by Crippen LogP contribution is 2.21. The van der Waals surface area contributed by atoms with Crippen molar-refractivity contribution >= 4 is 35.1 Å². The van der Waals surface area contributed by atoms with E-state index in [1.807, 2.05) is 6.92 Å². The number of rotatable bonds is 5. The van der Waals surface area contributed by atoms with Gasteiger partial charge < -0.3 is 9.72 Å². The minimum atomic E-state index is -0.538. The summed E-state index contributed by atoms with van der Waals surface area (Å²) in [4.78, 5) is 36.6. The van der Waals surface area contributed by atoms with Gasteiger partial charge in [0.1, 0.15) is 4.66 Å². The van der Waals surface area contributed by atoms with E-state index in [0.717, 1.165) is 11.3 Å². The van der Waals surface area contributed by atoms with Crippen LogP contribution >= 0.6 is 11.3 Å². The molecule has 0 amide bonds. The molecule has 1 N–H and O–H groups in total. The predicted octanol–water partition coefficient (Wildman–Crippen LogP) is 1.08. The topological polar surface area (TPSA) is 102 Å². The van der Waals surface area contributed by atoms with Crippen LogP contribution in [0.25, 0.3) is 12.2 Å². The van der Waals surface area contributed by atoms with Crippen LogP contribution in [0.1, 0.15) is 25.0 Å².